The van der Waals surface area contributed by atoms with Crippen LogP contribution in [0.25, 0.3) is 11.3 Å². The molecule has 0 atom stereocenters. The standard InChI is InChI=1S/C21H19BrFN3O2S/c1-13(2)10-24-21-26(18(12-29-21)15-4-6-16(23)7-5-15)25-11-14-8-17(22)20(27)19(9-14)28-3/h4-9,11-12,27H,1,10H2,2-3H3. The van der Waals surface area contributed by atoms with Crippen molar-refractivity contribution >= 4 is 33.5 Å². The van der Waals surface area contributed by atoms with E-state index in [0.717, 1.165) is 22.4 Å². The quantitative estimate of drug-likeness (QED) is 0.393. The van der Waals surface area contributed by atoms with E-state index < -0.39 is 0 Å². The number of halogens is 2. The van der Waals surface area contributed by atoms with Crippen LogP contribution in [0.2, 0.25) is 0 Å². The van der Waals surface area contributed by atoms with Crippen LogP contribution in [0.15, 0.2) is 68.5 Å². The summed E-state index contributed by atoms with van der Waals surface area (Å²) in [5, 5.41) is 16.5. The van der Waals surface area contributed by atoms with Gasteiger partial charge in [0.2, 0.25) is 4.80 Å². The maximum Gasteiger partial charge on any atom is 0.206 e. The van der Waals surface area contributed by atoms with Gasteiger partial charge in [0.1, 0.15) is 5.82 Å². The Morgan fingerprint density at radius 1 is 1.34 bits per heavy atom. The lowest BCUT2D eigenvalue weighted by molar-refractivity contribution is 0.372. The highest BCUT2D eigenvalue weighted by molar-refractivity contribution is 9.10. The highest BCUT2D eigenvalue weighted by Gasteiger charge is 2.10. The van der Waals surface area contributed by atoms with Gasteiger partial charge in [-0.2, -0.15) is 5.10 Å². The maximum absolute atomic E-state index is 13.3. The van der Waals surface area contributed by atoms with Gasteiger partial charge in [-0.1, -0.05) is 12.2 Å². The SMILES string of the molecule is C=C(C)CN=c1scc(-c2ccc(F)cc2)n1N=Cc1cc(Br)c(O)c(OC)c1. The van der Waals surface area contributed by atoms with E-state index >= 15 is 0 Å². The molecule has 0 bridgehead atoms. The lowest BCUT2D eigenvalue weighted by Crippen LogP contribution is -2.13. The zero-order chi connectivity index (χ0) is 21.0. The van der Waals surface area contributed by atoms with Crippen LogP contribution >= 0.6 is 27.3 Å². The second-order valence-electron chi connectivity index (χ2n) is 6.29. The topological polar surface area (TPSA) is 59.1 Å². The summed E-state index contributed by atoms with van der Waals surface area (Å²) in [6, 6.07) is 9.63. The van der Waals surface area contributed by atoms with Crippen LogP contribution in [0.1, 0.15) is 12.5 Å². The summed E-state index contributed by atoms with van der Waals surface area (Å²) in [7, 11) is 1.48. The molecule has 0 unspecified atom stereocenters. The van der Waals surface area contributed by atoms with Crippen LogP contribution in [0, 0.1) is 5.82 Å². The van der Waals surface area contributed by atoms with E-state index in [1.54, 1.807) is 35.2 Å². The molecule has 0 aliphatic heterocycles. The molecule has 0 aliphatic carbocycles. The molecule has 0 saturated carbocycles. The Hall–Kier alpha value is -2.71. The van der Waals surface area contributed by atoms with Gasteiger partial charge in [0.15, 0.2) is 11.5 Å². The fourth-order valence-corrected chi connectivity index (χ4v) is 3.79. The fraction of sp³-hybridized carbons (Fsp3) is 0.143. The summed E-state index contributed by atoms with van der Waals surface area (Å²) in [6.07, 6.45) is 1.65. The van der Waals surface area contributed by atoms with Crippen LogP contribution in [0.5, 0.6) is 11.5 Å². The summed E-state index contributed by atoms with van der Waals surface area (Å²) in [6.45, 7) is 6.28. The van der Waals surface area contributed by atoms with Gasteiger partial charge in [-0.05, 0) is 64.8 Å². The van der Waals surface area contributed by atoms with Gasteiger partial charge < -0.3 is 9.84 Å². The van der Waals surface area contributed by atoms with E-state index in [9.17, 15) is 9.50 Å². The molecule has 0 spiro atoms. The Kier molecular flexibility index (Phi) is 6.66. The zero-order valence-corrected chi connectivity index (χ0v) is 18.3. The van der Waals surface area contributed by atoms with E-state index in [2.05, 4.69) is 32.6 Å². The number of thiazole rings is 1. The Morgan fingerprint density at radius 3 is 2.72 bits per heavy atom. The Labute approximate surface area is 180 Å². The summed E-state index contributed by atoms with van der Waals surface area (Å²) in [4.78, 5) is 5.26. The molecular weight excluding hydrogens is 457 g/mol. The number of phenols is 1. The number of benzene rings is 2. The van der Waals surface area contributed by atoms with Crippen molar-refractivity contribution in [2.75, 3.05) is 13.7 Å². The van der Waals surface area contributed by atoms with E-state index in [4.69, 9.17) is 4.74 Å². The van der Waals surface area contributed by atoms with E-state index in [1.165, 1.54) is 30.6 Å². The first-order valence-electron chi connectivity index (χ1n) is 8.61. The number of phenolic OH excluding ortho intramolecular Hbond substituents is 1. The third-order valence-electron chi connectivity index (χ3n) is 3.90. The summed E-state index contributed by atoms with van der Waals surface area (Å²) in [5.41, 5.74) is 3.27. The predicted molar refractivity (Wildman–Crippen MR) is 118 cm³/mol. The normalized spacial score (nSPS) is 11.9. The van der Waals surface area contributed by atoms with E-state index in [0.29, 0.717) is 21.6 Å². The van der Waals surface area contributed by atoms with Crippen molar-refractivity contribution in [1.29, 1.82) is 0 Å². The Bertz CT molecular complexity index is 1130. The van der Waals surface area contributed by atoms with Crippen LogP contribution in [0.4, 0.5) is 4.39 Å². The summed E-state index contributed by atoms with van der Waals surface area (Å²) >= 11 is 4.75. The van der Waals surface area contributed by atoms with Crippen molar-refractivity contribution in [3.63, 3.8) is 0 Å². The molecule has 150 valence electrons. The van der Waals surface area contributed by atoms with Gasteiger partial charge >= 0.3 is 0 Å². The minimum atomic E-state index is -0.299. The lowest BCUT2D eigenvalue weighted by atomic mass is 10.2. The molecule has 0 aliphatic rings. The van der Waals surface area contributed by atoms with Crippen molar-refractivity contribution < 1.29 is 14.2 Å². The van der Waals surface area contributed by atoms with Crippen molar-refractivity contribution in [2.45, 2.75) is 6.92 Å². The number of hydrogen-bond donors (Lipinski definition) is 1. The second-order valence-corrected chi connectivity index (χ2v) is 7.98. The van der Waals surface area contributed by atoms with Gasteiger partial charge in [0.25, 0.3) is 0 Å². The minimum absolute atomic E-state index is 0.0250. The van der Waals surface area contributed by atoms with Gasteiger partial charge in [-0.25, -0.2) is 9.07 Å². The number of aromatic nitrogens is 1. The molecule has 0 saturated heterocycles. The largest absolute Gasteiger partial charge is 0.503 e. The molecule has 2 aromatic carbocycles. The maximum atomic E-state index is 13.3. The van der Waals surface area contributed by atoms with Gasteiger partial charge in [-0.3, -0.25) is 4.99 Å². The van der Waals surface area contributed by atoms with Crippen LogP contribution in [-0.2, 0) is 0 Å². The Balaban J connectivity index is 2.09. The average molecular weight is 476 g/mol. The number of nitrogens with zero attached hydrogens (tertiary/aromatic N) is 3. The Morgan fingerprint density at radius 2 is 2.07 bits per heavy atom. The summed E-state index contributed by atoms with van der Waals surface area (Å²) < 4.78 is 20.7. The number of rotatable bonds is 6. The van der Waals surface area contributed by atoms with Crippen molar-refractivity contribution in [1.82, 2.24) is 4.68 Å². The first-order chi connectivity index (χ1) is 13.9. The molecule has 5 nitrogen and oxygen atoms in total. The molecule has 0 radical (unpaired) electrons. The highest BCUT2D eigenvalue weighted by Crippen LogP contribution is 2.34. The molecule has 1 aromatic heterocycles. The third kappa shape index (κ3) is 5.02. The number of methoxy groups -OCH3 is 1. The second kappa shape index (κ2) is 9.19. The monoisotopic (exact) mass is 475 g/mol. The van der Waals surface area contributed by atoms with Gasteiger partial charge in [0.05, 0.1) is 30.0 Å². The molecular formula is C21H19BrFN3O2S. The van der Waals surface area contributed by atoms with Gasteiger partial charge in [-0.15, -0.1) is 11.3 Å². The number of hydrogen-bond acceptors (Lipinski definition) is 5. The van der Waals surface area contributed by atoms with E-state index in [1.807, 2.05) is 12.3 Å². The van der Waals surface area contributed by atoms with Crippen LogP contribution in [0.3, 0.4) is 0 Å². The van der Waals surface area contributed by atoms with Crippen LogP contribution < -0.4 is 9.54 Å². The van der Waals surface area contributed by atoms with E-state index in [-0.39, 0.29) is 11.6 Å². The zero-order valence-electron chi connectivity index (χ0n) is 15.9. The summed E-state index contributed by atoms with van der Waals surface area (Å²) in [5.74, 6) is 0.0614. The van der Waals surface area contributed by atoms with Gasteiger partial charge in [0, 0.05) is 10.9 Å². The fourth-order valence-electron chi connectivity index (χ4n) is 2.49. The minimum Gasteiger partial charge on any atom is -0.503 e. The third-order valence-corrected chi connectivity index (χ3v) is 5.36. The molecule has 1 heterocycles. The highest BCUT2D eigenvalue weighted by atomic mass is 79.9. The molecule has 0 fully saturated rings. The molecule has 29 heavy (non-hydrogen) atoms. The first-order valence-corrected chi connectivity index (χ1v) is 10.3. The van der Waals surface area contributed by atoms with Crippen molar-refractivity contribution in [3.05, 3.63) is 74.6 Å². The molecule has 3 rings (SSSR count). The van der Waals surface area contributed by atoms with Crippen LogP contribution in [-0.4, -0.2) is 29.7 Å². The molecule has 1 N–H and O–H groups in total. The molecule has 3 aromatic rings. The lowest BCUT2D eigenvalue weighted by Gasteiger charge is -2.07. The van der Waals surface area contributed by atoms with Crippen molar-refractivity contribution in [2.24, 2.45) is 10.1 Å². The first kappa shape index (κ1) is 21.0. The average Bonchev–Trinajstić information content (AvgIpc) is 3.10. The molecule has 0 amide bonds. The molecule has 8 heteroatoms. The number of ether oxygens (including phenoxy) is 1. The van der Waals surface area contributed by atoms with Crippen molar-refractivity contribution in [3.8, 4) is 22.8 Å². The number of aromatic hydroxyl groups is 1. The predicted octanol–water partition coefficient (Wildman–Crippen LogP) is 5.19. The smallest absolute Gasteiger partial charge is 0.206 e.